The van der Waals surface area contributed by atoms with E-state index in [0.717, 1.165) is 17.8 Å². The van der Waals surface area contributed by atoms with E-state index >= 15 is 0 Å². The zero-order valence-electron chi connectivity index (χ0n) is 12.9. The van der Waals surface area contributed by atoms with E-state index < -0.39 is 0 Å². The fourth-order valence-corrected chi connectivity index (χ4v) is 2.33. The van der Waals surface area contributed by atoms with Gasteiger partial charge < -0.3 is 20.7 Å². The highest BCUT2D eigenvalue weighted by Crippen LogP contribution is 2.28. The third-order valence-corrected chi connectivity index (χ3v) is 3.49. The van der Waals surface area contributed by atoms with Gasteiger partial charge in [-0.2, -0.15) is 0 Å². The van der Waals surface area contributed by atoms with Gasteiger partial charge in [0.15, 0.2) is 0 Å². The Bertz CT molecular complexity index is 466. The summed E-state index contributed by atoms with van der Waals surface area (Å²) in [5.41, 5.74) is 7.25. The number of rotatable bonds is 9. The van der Waals surface area contributed by atoms with Crippen molar-refractivity contribution >= 4 is 23.2 Å². The number of halogens is 1. The lowest BCUT2D eigenvalue weighted by Crippen LogP contribution is -2.39. The molecule has 1 rings (SSSR count). The minimum Gasteiger partial charge on any atom is -0.383 e. The number of methoxy groups -OCH3 is 1. The van der Waals surface area contributed by atoms with Gasteiger partial charge in [-0.25, -0.2) is 0 Å². The molecule has 1 aromatic carbocycles. The Kier molecular flexibility index (Phi) is 7.50. The van der Waals surface area contributed by atoms with Gasteiger partial charge in [-0.05, 0) is 26.0 Å². The van der Waals surface area contributed by atoms with E-state index in [1.807, 2.05) is 36.9 Å². The number of primary amides is 1. The van der Waals surface area contributed by atoms with Crippen molar-refractivity contribution in [1.82, 2.24) is 5.32 Å². The van der Waals surface area contributed by atoms with Crippen molar-refractivity contribution in [2.75, 3.05) is 31.7 Å². The molecule has 3 N–H and O–H groups in total. The van der Waals surface area contributed by atoms with Crippen molar-refractivity contribution in [3.63, 3.8) is 0 Å². The molecule has 0 heterocycles. The fourth-order valence-electron chi connectivity index (χ4n) is 2.09. The van der Waals surface area contributed by atoms with Crippen LogP contribution in [0.4, 0.5) is 5.69 Å². The minimum absolute atomic E-state index is 0.147. The van der Waals surface area contributed by atoms with Crippen LogP contribution in [0.1, 0.15) is 19.4 Å². The largest absolute Gasteiger partial charge is 0.383 e. The van der Waals surface area contributed by atoms with E-state index in [1.54, 1.807) is 7.11 Å². The molecule has 1 amide bonds. The first-order chi connectivity index (χ1) is 9.97. The number of hydrogen-bond acceptors (Lipinski definition) is 4. The number of carbonyl (C=O) groups excluding carboxylic acids is 1. The third-order valence-electron chi connectivity index (χ3n) is 3.14. The van der Waals surface area contributed by atoms with Gasteiger partial charge in [0.05, 0.1) is 13.2 Å². The maximum Gasteiger partial charge on any atom is 0.236 e. The van der Waals surface area contributed by atoms with Crippen LogP contribution in [-0.2, 0) is 16.1 Å². The molecule has 0 atom stereocenters. The van der Waals surface area contributed by atoms with E-state index in [0.29, 0.717) is 18.2 Å². The zero-order valence-corrected chi connectivity index (χ0v) is 13.6. The standard InChI is InChI=1S/C15H24ClN3O2/c1-11(2)19(10-15(17)20)14-6-4-5-13(16)12(14)9-18-7-8-21-3/h4-6,11,18H,7-10H2,1-3H3,(H2,17,20). The number of nitrogens with zero attached hydrogens (tertiary/aromatic N) is 1. The summed E-state index contributed by atoms with van der Waals surface area (Å²) in [6.45, 7) is 6.19. The first-order valence-corrected chi connectivity index (χ1v) is 7.37. The molecule has 0 aliphatic rings. The molecule has 6 heteroatoms. The molecule has 1 aromatic rings. The average molecular weight is 314 g/mol. The molecule has 118 valence electrons. The van der Waals surface area contributed by atoms with Crippen molar-refractivity contribution in [2.24, 2.45) is 5.73 Å². The fraction of sp³-hybridized carbons (Fsp3) is 0.533. The topological polar surface area (TPSA) is 67.6 Å². The van der Waals surface area contributed by atoms with Gasteiger partial charge in [-0.3, -0.25) is 4.79 Å². The Hall–Kier alpha value is -1.30. The average Bonchev–Trinajstić information content (AvgIpc) is 2.42. The summed E-state index contributed by atoms with van der Waals surface area (Å²) < 4.78 is 5.01. The number of nitrogens with one attached hydrogen (secondary N) is 1. The highest BCUT2D eigenvalue weighted by atomic mass is 35.5. The van der Waals surface area contributed by atoms with Crippen molar-refractivity contribution in [1.29, 1.82) is 0 Å². The van der Waals surface area contributed by atoms with Gasteiger partial charge in [0.2, 0.25) is 5.91 Å². The van der Waals surface area contributed by atoms with Crippen molar-refractivity contribution in [2.45, 2.75) is 26.4 Å². The maximum atomic E-state index is 11.3. The van der Waals surface area contributed by atoms with Crippen LogP contribution >= 0.6 is 11.6 Å². The molecule has 0 aromatic heterocycles. The lowest BCUT2D eigenvalue weighted by Gasteiger charge is -2.30. The van der Waals surface area contributed by atoms with Crippen molar-refractivity contribution < 1.29 is 9.53 Å². The van der Waals surface area contributed by atoms with Gasteiger partial charge in [-0.15, -0.1) is 0 Å². The summed E-state index contributed by atoms with van der Waals surface area (Å²) in [4.78, 5) is 13.3. The summed E-state index contributed by atoms with van der Waals surface area (Å²) in [5, 5.41) is 3.95. The Morgan fingerprint density at radius 1 is 1.48 bits per heavy atom. The number of anilines is 1. The van der Waals surface area contributed by atoms with Gasteiger partial charge in [0.1, 0.15) is 0 Å². The normalized spacial score (nSPS) is 10.9. The Balaban J connectivity index is 2.97. The van der Waals surface area contributed by atoms with Gasteiger partial charge >= 0.3 is 0 Å². The first kappa shape index (κ1) is 17.8. The summed E-state index contributed by atoms with van der Waals surface area (Å²) >= 11 is 6.31. The van der Waals surface area contributed by atoms with Crippen molar-refractivity contribution in [3.05, 3.63) is 28.8 Å². The number of benzene rings is 1. The molecule has 5 nitrogen and oxygen atoms in total. The predicted octanol–water partition coefficient (Wildman–Crippen LogP) is 1.78. The number of hydrogen-bond donors (Lipinski definition) is 2. The van der Waals surface area contributed by atoms with Crippen LogP contribution in [0.15, 0.2) is 18.2 Å². The van der Waals surface area contributed by atoms with Crippen molar-refractivity contribution in [3.8, 4) is 0 Å². The van der Waals surface area contributed by atoms with Crippen LogP contribution in [0.2, 0.25) is 5.02 Å². The second kappa shape index (κ2) is 8.87. The van der Waals surface area contributed by atoms with Crippen LogP contribution in [0.3, 0.4) is 0 Å². The molecule has 0 unspecified atom stereocenters. The maximum absolute atomic E-state index is 11.3. The van der Waals surface area contributed by atoms with E-state index in [-0.39, 0.29) is 18.5 Å². The van der Waals surface area contributed by atoms with Crippen LogP contribution in [-0.4, -0.2) is 38.8 Å². The Labute approximate surface area is 131 Å². The molecule has 21 heavy (non-hydrogen) atoms. The molecule has 0 saturated heterocycles. The number of nitrogens with two attached hydrogens (primary N) is 1. The van der Waals surface area contributed by atoms with Gasteiger partial charge in [-0.1, -0.05) is 17.7 Å². The third kappa shape index (κ3) is 5.53. The zero-order chi connectivity index (χ0) is 15.8. The summed E-state index contributed by atoms with van der Waals surface area (Å²) in [6, 6.07) is 5.84. The minimum atomic E-state index is -0.359. The highest BCUT2D eigenvalue weighted by Gasteiger charge is 2.18. The monoisotopic (exact) mass is 313 g/mol. The Morgan fingerprint density at radius 2 is 2.19 bits per heavy atom. The van der Waals surface area contributed by atoms with Gasteiger partial charge in [0, 0.05) is 42.5 Å². The smallest absolute Gasteiger partial charge is 0.236 e. The molecule has 0 radical (unpaired) electrons. The second-order valence-electron chi connectivity index (χ2n) is 5.10. The predicted molar refractivity (Wildman–Crippen MR) is 86.7 cm³/mol. The van der Waals surface area contributed by atoms with E-state index in [2.05, 4.69) is 5.32 Å². The molecular weight excluding hydrogens is 290 g/mol. The lowest BCUT2D eigenvalue weighted by atomic mass is 10.1. The first-order valence-electron chi connectivity index (χ1n) is 6.99. The Morgan fingerprint density at radius 3 is 2.76 bits per heavy atom. The number of ether oxygens (including phenoxy) is 1. The molecular formula is C15H24ClN3O2. The van der Waals surface area contributed by atoms with Crippen LogP contribution < -0.4 is 16.0 Å². The van der Waals surface area contributed by atoms with Crippen LogP contribution in [0.5, 0.6) is 0 Å². The molecule has 0 aliphatic heterocycles. The van der Waals surface area contributed by atoms with E-state index in [4.69, 9.17) is 22.1 Å². The number of carbonyl (C=O) groups is 1. The second-order valence-corrected chi connectivity index (χ2v) is 5.50. The molecule has 0 bridgehead atoms. The van der Waals surface area contributed by atoms with Crippen LogP contribution in [0.25, 0.3) is 0 Å². The highest BCUT2D eigenvalue weighted by molar-refractivity contribution is 6.31. The van der Waals surface area contributed by atoms with Crippen LogP contribution in [0, 0.1) is 0 Å². The lowest BCUT2D eigenvalue weighted by molar-refractivity contribution is -0.116. The molecule has 0 spiro atoms. The molecule has 0 fully saturated rings. The molecule has 0 aliphatic carbocycles. The summed E-state index contributed by atoms with van der Waals surface area (Å²) in [7, 11) is 1.66. The number of amides is 1. The SMILES string of the molecule is COCCNCc1c(Cl)cccc1N(CC(N)=O)C(C)C. The van der Waals surface area contributed by atoms with E-state index in [9.17, 15) is 4.79 Å². The van der Waals surface area contributed by atoms with Gasteiger partial charge in [0.25, 0.3) is 0 Å². The summed E-state index contributed by atoms with van der Waals surface area (Å²) in [5.74, 6) is -0.359. The van der Waals surface area contributed by atoms with E-state index in [1.165, 1.54) is 0 Å². The quantitative estimate of drug-likeness (QED) is 0.682. The molecule has 0 saturated carbocycles. The summed E-state index contributed by atoms with van der Waals surface area (Å²) in [6.07, 6.45) is 0.